The van der Waals surface area contributed by atoms with Crippen molar-refractivity contribution < 1.29 is 9.52 Å². The maximum absolute atomic E-state index is 10.0. The molecule has 0 aliphatic heterocycles. The van der Waals surface area contributed by atoms with Crippen LogP contribution < -0.4 is 5.32 Å². The minimum atomic E-state index is -0.734. The van der Waals surface area contributed by atoms with E-state index in [0.29, 0.717) is 19.6 Å². The van der Waals surface area contributed by atoms with Gasteiger partial charge in [0.15, 0.2) is 0 Å². The average molecular weight is 291 g/mol. The lowest BCUT2D eigenvalue weighted by molar-refractivity contribution is 0.0332. The van der Waals surface area contributed by atoms with E-state index in [4.69, 9.17) is 4.42 Å². The van der Waals surface area contributed by atoms with Crippen LogP contribution in [0.15, 0.2) is 21.2 Å². The van der Waals surface area contributed by atoms with Crippen molar-refractivity contribution >= 4 is 15.9 Å². The molecular formula is C11H19BrN2O2. The van der Waals surface area contributed by atoms with Crippen LogP contribution in [0.25, 0.3) is 0 Å². The SMILES string of the molecule is CN(C)CC(C)(O)CNCc1occc1Br. The molecule has 0 aliphatic carbocycles. The fourth-order valence-corrected chi connectivity index (χ4v) is 1.98. The summed E-state index contributed by atoms with van der Waals surface area (Å²) in [6.45, 7) is 3.58. The summed E-state index contributed by atoms with van der Waals surface area (Å²) >= 11 is 3.38. The Morgan fingerprint density at radius 1 is 1.56 bits per heavy atom. The summed E-state index contributed by atoms with van der Waals surface area (Å²) in [6, 6.07) is 1.86. The molecule has 1 heterocycles. The molecule has 0 spiro atoms. The number of rotatable bonds is 6. The molecule has 2 N–H and O–H groups in total. The van der Waals surface area contributed by atoms with E-state index in [1.54, 1.807) is 6.26 Å². The van der Waals surface area contributed by atoms with Crippen molar-refractivity contribution in [2.24, 2.45) is 0 Å². The molecule has 4 nitrogen and oxygen atoms in total. The number of likely N-dealkylation sites (N-methyl/N-ethyl adjacent to an activating group) is 1. The molecule has 1 unspecified atom stereocenters. The Morgan fingerprint density at radius 2 is 2.25 bits per heavy atom. The molecule has 1 atom stereocenters. The minimum absolute atomic E-state index is 0.526. The lowest BCUT2D eigenvalue weighted by Crippen LogP contribution is -2.45. The van der Waals surface area contributed by atoms with E-state index in [-0.39, 0.29) is 0 Å². The maximum Gasteiger partial charge on any atom is 0.131 e. The fourth-order valence-electron chi connectivity index (χ4n) is 1.63. The predicted molar refractivity (Wildman–Crippen MR) is 67.3 cm³/mol. The molecule has 0 fully saturated rings. The molecule has 0 amide bonds. The van der Waals surface area contributed by atoms with Crippen molar-refractivity contribution in [3.05, 3.63) is 22.6 Å². The second-order valence-corrected chi connectivity index (χ2v) is 5.38. The Kier molecular flexibility index (Phi) is 4.98. The summed E-state index contributed by atoms with van der Waals surface area (Å²) in [4.78, 5) is 1.96. The highest BCUT2D eigenvalue weighted by atomic mass is 79.9. The van der Waals surface area contributed by atoms with E-state index >= 15 is 0 Å². The van der Waals surface area contributed by atoms with Crippen LogP contribution in [0, 0.1) is 0 Å². The summed E-state index contributed by atoms with van der Waals surface area (Å²) in [6.07, 6.45) is 1.64. The Labute approximate surface area is 105 Å². The van der Waals surface area contributed by atoms with Crippen LogP contribution in [0.4, 0.5) is 0 Å². The Bertz CT molecular complexity index is 324. The number of halogens is 1. The number of nitrogens with one attached hydrogen (secondary N) is 1. The van der Waals surface area contributed by atoms with Gasteiger partial charge >= 0.3 is 0 Å². The summed E-state index contributed by atoms with van der Waals surface area (Å²) in [5, 5.41) is 13.2. The van der Waals surface area contributed by atoms with Crippen molar-refractivity contribution in [1.29, 1.82) is 0 Å². The highest BCUT2D eigenvalue weighted by molar-refractivity contribution is 9.10. The normalized spacial score (nSPS) is 15.4. The summed E-state index contributed by atoms with van der Waals surface area (Å²) < 4.78 is 6.21. The van der Waals surface area contributed by atoms with Crippen LogP contribution in [0.2, 0.25) is 0 Å². The molecule has 0 aliphatic rings. The minimum Gasteiger partial charge on any atom is -0.467 e. The number of furan rings is 1. The van der Waals surface area contributed by atoms with E-state index < -0.39 is 5.60 Å². The van der Waals surface area contributed by atoms with Crippen molar-refractivity contribution in [2.75, 3.05) is 27.2 Å². The van der Waals surface area contributed by atoms with E-state index in [1.807, 2.05) is 32.0 Å². The van der Waals surface area contributed by atoms with Gasteiger partial charge in [0, 0.05) is 13.1 Å². The second kappa shape index (κ2) is 5.82. The molecule has 16 heavy (non-hydrogen) atoms. The molecular weight excluding hydrogens is 272 g/mol. The first kappa shape index (κ1) is 13.7. The van der Waals surface area contributed by atoms with Gasteiger partial charge in [0.25, 0.3) is 0 Å². The standard InChI is InChI=1S/C11H19BrN2O2/c1-11(15,8-14(2)3)7-13-6-10-9(12)4-5-16-10/h4-5,13,15H,6-8H2,1-3H3. The number of hydrogen-bond donors (Lipinski definition) is 2. The molecule has 1 aromatic rings. The third-order valence-corrected chi connectivity index (χ3v) is 2.85. The maximum atomic E-state index is 10.0. The largest absolute Gasteiger partial charge is 0.467 e. The average Bonchev–Trinajstić information content (AvgIpc) is 2.49. The molecule has 0 aromatic carbocycles. The Hall–Kier alpha value is -0.360. The molecule has 1 rings (SSSR count). The van der Waals surface area contributed by atoms with Crippen LogP contribution >= 0.6 is 15.9 Å². The van der Waals surface area contributed by atoms with Crippen molar-refractivity contribution in [1.82, 2.24) is 10.2 Å². The predicted octanol–water partition coefficient (Wildman–Crippen LogP) is 1.44. The fraction of sp³-hybridized carbons (Fsp3) is 0.636. The molecule has 0 saturated heterocycles. The zero-order chi connectivity index (χ0) is 12.2. The summed E-state index contributed by atoms with van der Waals surface area (Å²) in [5.41, 5.74) is -0.734. The lowest BCUT2D eigenvalue weighted by atomic mass is 10.1. The highest BCUT2D eigenvalue weighted by Gasteiger charge is 2.20. The molecule has 0 radical (unpaired) electrons. The van der Waals surface area contributed by atoms with Crippen LogP contribution in [-0.4, -0.2) is 42.8 Å². The molecule has 0 saturated carbocycles. The van der Waals surface area contributed by atoms with E-state index in [1.165, 1.54) is 0 Å². The van der Waals surface area contributed by atoms with E-state index in [9.17, 15) is 5.11 Å². The van der Waals surface area contributed by atoms with E-state index in [0.717, 1.165) is 10.2 Å². The van der Waals surface area contributed by atoms with Gasteiger partial charge in [-0.1, -0.05) is 0 Å². The third-order valence-electron chi connectivity index (χ3n) is 2.14. The van der Waals surface area contributed by atoms with Crippen LogP contribution in [0.1, 0.15) is 12.7 Å². The van der Waals surface area contributed by atoms with Gasteiger partial charge < -0.3 is 19.7 Å². The van der Waals surface area contributed by atoms with Gasteiger partial charge in [0.2, 0.25) is 0 Å². The monoisotopic (exact) mass is 290 g/mol. The van der Waals surface area contributed by atoms with Gasteiger partial charge in [-0.15, -0.1) is 0 Å². The van der Waals surface area contributed by atoms with Crippen LogP contribution in [-0.2, 0) is 6.54 Å². The molecule has 1 aromatic heterocycles. The third kappa shape index (κ3) is 4.65. The zero-order valence-electron chi connectivity index (χ0n) is 9.96. The Morgan fingerprint density at radius 3 is 2.75 bits per heavy atom. The first-order valence-corrected chi connectivity index (χ1v) is 6.00. The quantitative estimate of drug-likeness (QED) is 0.833. The van der Waals surface area contributed by atoms with Gasteiger partial charge in [-0.2, -0.15) is 0 Å². The van der Waals surface area contributed by atoms with Gasteiger partial charge in [0.1, 0.15) is 5.76 Å². The van der Waals surface area contributed by atoms with Crippen LogP contribution in [0.5, 0.6) is 0 Å². The number of aliphatic hydroxyl groups is 1. The van der Waals surface area contributed by atoms with E-state index in [2.05, 4.69) is 21.2 Å². The molecule has 5 heteroatoms. The zero-order valence-corrected chi connectivity index (χ0v) is 11.5. The first-order chi connectivity index (χ1) is 7.41. The summed E-state index contributed by atoms with van der Waals surface area (Å²) in [7, 11) is 3.88. The van der Waals surface area contributed by atoms with Gasteiger partial charge in [-0.05, 0) is 43.0 Å². The van der Waals surface area contributed by atoms with Gasteiger partial charge in [-0.25, -0.2) is 0 Å². The molecule has 0 bridgehead atoms. The number of nitrogens with zero attached hydrogens (tertiary/aromatic N) is 1. The summed E-state index contributed by atoms with van der Waals surface area (Å²) in [5.74, 6) is 0.848. The second-order valence-electron chi connectivity index (χ2n) is 4.53. The lowest BCUT2D eigenvalue weighted by Gasteiger charge is -2.27. The Balaban J connectivity index is 2.32. The topological polar surface area (TPSA) is 48.6 Å². The first-order valence-electron chi connectivity index (χ1n) is 5.20. The van der Waals surface area contributed by atoms with Crippen molar-refractivity contribution in [3.63, 3.8) is 0 Å². The highest BCUT2D eigenvalue weighted by Crippen LogP contribution is 2.17. The molecule has 92 valence electrons. The van der Waals surface area contributed by atoms with Gasteiger partial charge in [0.05, 0.1) is 22.9 Å². The smallest absolute Gasteiger partial charge is 0.131 e. The van der Waals surface area contributed by atoms with Gasteiger partial charge in [-0.3, -0.25) is 0 Å². The van der Waals surface area contributed by atoms with Crippen molar-refractivity contribution in [3.8, 4) is 0 Å². The van der Waals surface area contributed by atoms with Crippen LogP contribution in [0.3, 0.4) is 0 Å². The number of hydrogen-bond acceptors (Lipinski definition) is 4. The van der Waals surface area contributed by atoms with Crippen molar-refractivity contribution in [2.45, 2.75) is 19.1 Å².